The van der Waals surface area contributed by atoms with Gasteiger partial charge in [-0.05, 0) is 24.3 Å². The number of hydrogen-bond donors (Lipinski definition) is 0. The van der Waals surface area contributed by atoms with Crippen LogP contribution < -0.4 is 9.47 Å². The molecule has 0 N–H and O–H groups in total. The molecule has 1 unspecified atom stereocenters. The molecular formula is C23H15F7N2O4. The molecule has 1 fully saturated rings. The molecule has 0 aliphatic carbocycles. The average Bonchev–Trinajstić information content (AvgIpc) is 2.81. The lowest BCUT2D eigenvalue weighted by Crippen LogP contribution is -2.55. The number of aromatic nitrogens is 1. The highest BCUT2D eigenvalue weighted by molar-refractivity contribution is 5.94. The molecule has 13 heteroatoms. The predicted molar refractivity (Wildman–Crippen MR) is 110 cm³/mol. The molecule has 0 saturated carbocycles. The van der Waals surface area contributed by atoms with Crippen molar-refractivity contribution >= 4 is 22.8 Å². The molecule has 0 spiro atoms. The maximum Gasteiger partial charge on any atom is 0.491 e. The van der Waals surface area contributed by atoms with Gasteiger partial charge in [-0.25, -0.2) is 27.3 Å². The first-order chi connectivity index (χ1) is 16.9. The minimum atomic E-state index is -5.39. The van der Waals surface area contributed by atoms with Crippen molar-refractivity contribution < 1.29 is 49.8 Å². The largest absolute Gasteiger partial charge is 0.491 e. The third-order valence-electron chi connectivity index (χ3n) is 5.39. The first-order valence-electron chi connectivity index (χ1n) is 10.3. The van der Waals surface area contributed by atoms with Crippen molar-refractivity contribution in [1.82, 2.24) is 9.88 Å². The smallest absolute Gasteiger partial charge is 0.463 e. The lowest BCUT2D eigenvalue weighted by atomic mass is 10.0. The van der Waals surface area contributed by atoms with E-state index in [1.165, 1.54) is 24.3 Å². The van der Waals surface area contributed by atoms with Crippen LogP contribution in [0.3, 0.4) is 0 Å². The van der Waals surface area contributed by atoms with Crippen molar-refractivity contribution in [3.05, 3.63) is 65.7 Å². The molecular weight excluding hydrogens is 501 g/mol. The van der Waals surface area contributed by atoms with Crippen molar-refractivity contribution in [1.29, 1.82) is 0 Å². The number of esters is 1. The Hall–Kier alpha value is -3.90. The highest BCUT2D eigenvalue weighted by Crippen LogP contribution is 2.37. The summed E-state index contributed by atoms with van der Waals surface area (Å²) in [6, 6.07) is 9.67. The summed E-state index contributed by atoms with van der Waals surface area (Å²) in [4.78, 5) is 28.8. The quantitative estimate of drug-likeness (QED) is 0.364. The molecule has 4 rings (SSSR count). The summed E-state index contributed by atoms with van der Waals surface area (Å²) in [6.45, 7) is -1.38. The van der Waals surface area contributed by atoms with Gasteiger partial charge in [-0.2, -0.15) is 13.2 Å². The number of alkyl halides is 5. The number of likely N-dealkylation sites (tertiary alicyclic amines) is 1. The third-order valence-corrected chi connectivity index (χ3v) is 5.39. The van der Waals surface area contributed by atoms with Gasteiger partial charge >= 0.3 is 12.1 Å². The summed E-state index contributed by atoms with van der Waals surface area (Å²) in [7, 11) is 0. The van der Waals surface area contributed by atoms with E-state index in [4.69, 9.17) is 4.74 Å². The monoisotopic (exact) mass is 516 g/mol. The van der Waals surface area contributed by atoms with Crippen LogP contribution in [0.1, 0.15) is 16.8 Å². The summed E-state index contributed by atoms with van der Waals surface area (Å²) in [5, 5.41) is 0.226. The van der Waals surface area contributed by atoms with E-state index in [9.17, 15) is 40.3 Å². The molecule has 6 nitrogen and oxygen atoms in total. The molecule has 0 bridgehead atoms. The molecule has 2 aromatic carbocycles. The summed E-state index contributed by atoms with van der Waals surface area (Å²) in [6.07, 6.45) is -8.51. The van der Waals surface area contributed by atoms with Gasteiger partial charge in [-0.3, -0.25) is 4.79 Å². The Balaban J connectivity index is 1.66. The van der Waals surface area contributed by atoms with Crippen molar-refractivity contribution in [3.8, 4) is 11.6 Å². The Morgan fingerprint density at radius 2 is 1.78 bits per heavy atom. The fraction of sp³-hybridized carbons (Fsp3) is 0.261. The average molecular weight is 516 g/mol. The zero-order valence-electron chi connectivity index (χ0n) is 18.0. The Morgan fingerprint density at radius 1 is 1.06 bits per heavy atom. The fourth-order valence-corrected chi connectivity index (χ4v) is 3.55. The molecule has 2 heterocycles. The van der Waals surface area contributed by atoms with Crippen molar-refractivity contribution in [2.45, 2.75) is 24.6 Å². The SMILES string of the molecule is O=C(c1cccc(F)c1F)N1CCC(F)(F)C(Oc2nc3ccccc3cc2OC(=O)C(F)(F)F)C1. The normalized spacial score (nSPS) is 17.6. The zero-order valence-corrected chi connectivity index (χ0v) is 18.0. The van der Waals surface area contributed by atoms with Crippen LogP contribution in [-0.4, -0.2) is 53.1 Å². The molecule has 1 aromatic heterocycles. The van der Waals surface area contributed by atoms with Gasteiger partial charge in [0.05, 0.1) is 17.6 Å². The van der Waals surface area contributed by atoms with Crippen LogP contribution in [0.25, 0.3) is 10.9 Å². The molecule has 36 heavy (non-hydrogen) atoms. The number of nitrogens with zero attached hydrogens (tertiary/aromatic N) is 2. The molecule has 190 valence electrons. The first-order valence-corrected chi connectivity index (χ1v) is 10.3. The number of carbonyl (C=O) groups is 2. The van der Waals surface area contributed by atoms with Gasteiger partial charge in [0.2, 0.25) is 0 Å². The van der Waals surface area contributed by atoms with Gasteiger partial charge in [0.25, 0.3) is 17.7 Å². The lowest BCUT2D eigenvalue weighted by molar-refractivity contribution is -0.190. The second-order valence-electron chi connectivity index (χ2n) is 7.84. The van der Waals surface area contributed by atoms with Gasteiger partial charge in [-0.15, -0.1) is 0 Å². The second-order valence-corrected chi connectivity index (χ2v) is 7.84. The Kier molecular flexibility index (Phi) is 6.50. The van der Waals surface area contributed by atoms with Crippen molar-refractivity contribution in [2.24, 2.45) is 0 Å². The molecule has 3 aromatic rings. The standard InChI is InChI=1S/C23H15F7N2O4/c24-14-6-3-5-13(18(14)25)20(33)32-9-8-22(26,27)17(11-32)36-19-16(35-21(34)23(28,29)30)10-12-4-1-2-7-15(12)31-19/h1-7,10,17H,8-9,11H2. The maximum atomic E-state index is 14.7. The fourth-order valence-electron chi connectivity index (χ4n) is 3.55. The highest BCUT2D eigenvalue weighted by atomic mass is 19.4. The number of benzene rings is 2. The van der Waals surface area contributed by atoms with E-state index in [0.29, 0.717) is 0 Å². The number of ether oxygens (including phenoxy) is 2. The van der Waals surface area contributed by atoms with E-state index < -0.39 is 78.4 Å². The van der Waals surface area contributed by atoms with Crippen LogP contribution in [0.15, 0.2) is 48.5 Å². The van der Waals surface area contributed by atoms with E-state index in [0.717, 1.165) is 29.2 Å². The van der Waals surface area contributed by atoms with E-state index in [1.54, 1.807) is 0 Å². The Bertz CT molecular complexity index is 1330. The van der Waals surface area contributed by atoms with Gasteiger partial charge in [0, 0.05) is 18.4 Å². The molecule has 0 radical (unpaired) electrons. The van der Waals surface area contributed by atoms with Gasteiger partial charge in [-0.1, -0.05) is 24.3 Å². The summed E-state index contributed by atoms with van der Waals surface area (Å²) in [5.41, 5.74) is -0.559. The third kappa shape index (κ3) is 5.04. The van der Waals surface area contributed by atoms with Crippen LogP contribution in [0.5, 0.6) is 11.6 Å². The number of pyridine rings is 1. The first kappa shape index (κ1) is 25.2. The number of rotatable bonds is 4. The number of amides is 1. The van der Waals surface area contributed by atoms with E-state index in [2.05, 4.69) is 9.72 Å². The molecule has 1 aliphatic rings. The molecule has 1 atom stereocenters. The van der Waals surface area contributed by atoms with Crippen LogP contribution in [0.4, 0.5) is 30.7 Å². The van der Waals surface area contributed by atoms with Crippen LogP contribution in [0.2, 0.25) is 0 Å². The minimum absolute atomic E-state index is 0.133. The van der Waals surface area contributed by atoms with Gasteiger partial charge in [0.15, 0.2) is 23.5 Å². The van der Waals surface area contributed by atoms with Crippen LogP contribution in [0, 0.1) is 11.6 Å². The molecule has 1 amide bonds. The Labute approximate surface area is 198 Å². The predicted octanol–water partition coefficient (Wildman–Crippen LogP) is 4.91. The van der Waals surface area contributed by atoms with Crippen LogP contribution in [-0.2, 0) is 4.79 Å². The summed E-state index contributed by atoms with van der Waals surface area (Å²) < 4.78 is 105. The zero-order chi connectivity index (χ0) is 26.3. The van der Waals surface area contributed by atoms with Crippen molar-refractivity contribution in [3.63, 3.8) is 0 Å². The maximum absolute atomic E-state index is 14.7. The van der Waals surface area contributed by atoms with E-state index >= 15 is 0 Å². The highest BCUT2D eigenvalue weighted by Gasteiger charge is 2.48. The topological polar surface area (TPSA) is 68.7 Å². The summed E-state index contributed by atoms with van der Waals surface area (Å²) >= 11 is 0. The number of carbonyl (C=O) groups excluding carboxylic acids is 2. The molecule has 1 aliphatic heterocycles. The number of hydrogen-bond acceptors (Lipinski definition) is 5. The van der Waals surface area contributed by atoms with E-state index in [-0.39, 0.29) is 10.9 Å². The van der Waals surface area contributed by atoms with E-state index in [1.807, 2.05) is 0 Å². The number of fused-ring (bicyclic) bond motifs is 1. The van der Waals surface area contributed by atoms with Gasteiger partial charge < -0.3 is 14.4 Å². The number of halogens is 7. The lowest BCUT2D eigenvalue weighted by Gasteiger charge is -2.38. The number of para-hydroxylation sites is 1. The number of piperidine rings is 1. The second kappa shape index (κ2) is 9.28. The Morgan fingerprint density at radius 3 is 2.50 bits per heavy atom. The van der Waals surface area contributed by atoms with Gasteiger partial charge in [0.1, 0.15) is 0 Å². The molecule has 1 saturated heterocycles. The summed E-state index contributed by atoms with van der Waals surface area (Å²) in [5.74, 6) is -11.8. The van der Waals surface area contributed by atoms with Crippen LogP contribution >= 0.6 is 0 Å². The minimum Gasteiger partial charge on any atom is -0.463 e. The van der Waals surface area contributed by atoms with Crippen molar-refractivity contribution in [2.75, 3.05) is 13.1 Å².